The maximum absolute atomic E-state index is 5.87. The lowest BCUT2D eigenvalue weighted by atomic mass is 10.1. The van der Waals surface area contributed by atoms with Crippen LogP contribution in [0.3, 0.4) is 0 Å². The molecule has 0 atom stereocenters. The predicted molar refractivity (Wildman–Crippen MR) is 77.7 cm³/mol. The van der Waals surface area contributed by atoms with Crippen LogP contribution in [0.25, 0.3) is 0 Å². The third kappa shape index (κ3) is 3.62. The van der Waals surface area contributed by atoms with Crippen molar-refractivity contribution in [3.8, 4) is 11.5 Å². The van der Waals surface area contributed by atoms with Gasteiger partial charge in [0.2, 0.25) is 0 Å². The average molecular weight is 254 g/mol. The lowest BCUT2D eigenvalue weighted by Gasteiger charge is -2.12. The number of methoxy groups -OCH3 is 1. The minimum atomic E-state index is 0.567. The smallest absolute Gasteiger partial charge is 0.123 e. The van der Waals surface area contributed by atoms with E-state index in [1.807, 2.05) is 42.5 Å². The molecule has 2 aromatic carbocycles. The molecule has 0 N–H and O–H groups in total. The summed E-state index contributed by atoms with van der Waals surface area (Å²) in [5, 5.41) is 0. The summed E-state index contributed by atoms with van der Waals surface area (Å²) in [5.41, 5.74) is 2.24. The molecule has 2 heteroatoms. The maximum atomic E-state index is 5.87. The highest BCUT2D eigenvalue weighted by Crippen LogP contribution is 2.25. The zero-order valence-electron chi connectivity index (χ0n) is 11.1. The van der Waals surface area contributed by atoms with Crippen molar-refractivity contribution < 1.29 is 9.47 Å². The van der Waals surface area contributed by atoms with Crippen LogP contribution in [0.5, 0.6) is 11.5 Å². The molecule has 0 saturated carbocycles. The Balaban J connectivity index is 2.12. The van der Waals surface area contributed by atoms with Crippen LogP contribution >= 0.6 is 0 Å². The topological polar surface area (TPSA) is 18.5 Å². The third-order valence-corrected chi connectivity index (χ3v) is 2.87. The first-order chi connectivity index (χ1) is 9.33. The maximum Gasteiger partial charge on any atom is 0.123 e. The molecule has 0 unspecified atom stereocenters. The predicted octanol–water partition coefficient (Wildman–Crippen LogP) is 4.00. The molecule has 0 radical (unpaired) electrons. The molecule has 0 aliphatic rings. The first-order valence-electron chi connectivity index (χ1n) is 6.28. The van der Waals surface area contributed by atoms with Crippen molar-refractivity contribution in [3.63, 3.8) is 0 Å². The highest BCUT2D eigenvalue weighted by atomic mass is 16.5. The van der Waals surface area contributed by atoms with Crippen LogP contribution in [0, 0.1) is 0 Å². The van der Waals surface area contributed by atoms with Gasteiger partial charge in [-0.25, -0.2) is 0 Å². The molecule has 0 bridgehead atoms. The fourth-order valence-corrected chi connectivity index (χ4v) is 1.87. The van der Waals surface area contributed by atoms with E-state index < -0.39 is 0 Å². The third-order valence-electron chi connectivity index (χ3n) is 2.87. The molecule has 19 heavy (non-hydrogen) atoms. The molecular formula is C17H18O2. The fourth-order valence-electron chi connectivity index (χ4n) is 1.87. The van der Waals surface area contributed by atoms with E-state index in [-0.39, 0.29) is 0 Å². The van der Waals surface area contributed by atoms with E-state index in [0.717, 1.165) is 29.0 Å². The Hall–Kier alpha value is -2.22. The summed E-state index contributed by atoms with van der Waals surface area (Å²) in [6.07, 6.45) is 2.63. The van der Waals surface area contributed by atoms with Gasteiger partial charge in [0.25, 0.3) is 0 Å². The van der Waals surface area contributed by atoms with Gasteiger partial charge in [-0.15, -0.1) is 6.58 Å². The SMILES string of the molecule is C=CCc1cc(OC)ccc1OCc1ccccc1. The van der Waals surface area contributed by atoms with Crippen LogP contribution in [0.1, 0.15) is 11.1 Å². The van der Waals surface area contributed by atoms with Crippen molar-refractivity contribution in [2.75, 3.05) is 7.11 Å². The molecule has 0 spiro atoms. The monoisotopic (exact) mass is 254 g/mol. The van der Waals surface area contributed by atoms with E-state index in [1.54, 1.807) is 7.11 Å². The van der Waals surface area contributed by atoms with Gasteiger partial charge in [-0.3, -0.25) is 0 Å². The fraction of sp³-hybridized carbons (Fsp3) is 0.176. The molecule has 0 aliphatic heterocycles. The van der Waals surface area contributed by atoms with Gasteiger partial charge in [0, 0.05) is 5.56 Å². The summed E-state index contributed by atoms with van der Waals surface area (Å²) >= 11 is 0. The summed E-state index contributed by atoms with van der Waals surface area (Å²) in [5.74, 6) is 1.72. The van der Waals surface area contributed by atoms with Gasteiger partial charge in [0.15, 0.2) is 0 Å². The molecule has 0 fully saturated rings. The number of rotatable bonds is 6. The number of benzene rings is 2. The summed E-state index contributed by atoms with van der Waals surface area (Å²) in [7, 11) is 1.66. The molecular weight excluding hydrogens is 236 g/mol. The molecule has 0 aromatic heterocycles. The number of hydrogen-bond acceptors (Lipinski definition) is 2. The molecule has 0 saturated heterocycles. The Kier molecular flexibility index (Phi) is 4.62. The Morgan fingerprint density at radius 2 is 1.89 bits per heavy atom. The van der Waals surface area contributed by atoms with Gasteiger partial charge in [-0.1, -0.05) is 36.4 Å². The minimum Gasteiger partial charge on any atom is -0.497 e. The number of ether oxygens (including phenoxy) is 2. The largest absolute Gasteiger partial charge is 0.497 e. The first-order valence-corrected chi connectivity index (χ1v) is 6.28. The van der Waals surface area contributed by atoms with Crippen molar-refractivity contribution in [1.82, 2.24) is 0 Å². The van der Waals surface area contributed by atoms with Gasteiger partial charge < -0.3 is 9.47 Å². The summed E-state index contributed by atoms with van der Waals surface area (Å²) in [6.45, 7) is 4.34. The zero-order chi connectivity index (χ0) is 13.5. The number of hydrogen-bond donors (Lipinski definition) is 0. The minimum absolute atomic E-state index is 0.567. The van der Waals surface area contributed by atoms with Gasteiger partial charge >= 0.3 is 0 Å². The number of allylic oxidation sites excluding steroid dienone is 1. The van der Waals surface area contributed by atoms with Crippen LogP contribution in [-0.4, -0.2) is 7.11 Å². The second-order valence-electron chi connectivity index (χ2n) is 4.24. The van der Waals surface area contributed by atoms with Gasteiger partial charge in [-0.05, 0) is 30.2 Å². The highest BCUT2D eigenvalue weighted by Gasteiger charge is 2.05. The van der Waals surface area contributed by atoms with Gasteiger partial charge in [-0.2, -0.15) is 0 Å². The Labute approximate surface area is 114 Å². The molecule has 2 rings (SSSR count). The van der Waals surface area contributed by atoms with Crippen molar-refractivity contribution in [3.05, 3.63) is 72.3 Å². The zero-order valence-corrected chi connectivity index (χ0v) is 11.1. The molecule has 2 nitrogen and oxygen atoms in total. The molecule has 0 aliphatic carbocycles. The summed E-state index contributed by atoms with van der Waals surface area (Å²) < 4.78 is 11.1. The first kappa shape index (κ1) is 13.2. The van der Waals surface area contributed by atoms with Gasteiger partial charge in [0.1, 0.15) is 18.1 Å². The summed E-state index contributed by atoms with van der Waals surface area (Å²) in [6, 6.07) is 16.0. The lowest BCUT2D eigenvalue weighted by Crippen LogP contribution is -1.98. The molecule has 0 amide bonds. The van der Waals surface area contributed by atoms with E-state index in [4.69, 9.17) is 9.47 Å². The van der Waals surface area contributed by atoms with E-state index in [9.17, 15) is 0 Å². The van der Waals surface area contributed by atoms with Crippen molar-refractivity contribution in [2.24, 2.45) is 0 Å². The normalized spacial score (nSPS) is 9.95. The van der Waals surface area contributed by atoms with Crippen molar-refractivity contribution in [1.29, 1.82) is 0 Å². The second kappa shape index (κ2) is 6.64. The van der Waals surface area contributed by atoms with Crippen LogP contribution in [0.4, 0.5) is 0 Å². The van der Waals surface area contributed by atoms with Crippen LogP contribution in [0.2, 0.25) is 0 Å². The van der Waals surface area contributed by atoms with Crippen molar-refractivity contribution in [2.45, 2.75) is 13.0 Å². The van der Waals surface area contributed by atoms with Crippen LogP contribution in [0.15, 0.2) is 61.2 Å². The Morgan fingerprint density at radius 1 is 1.11 bits per heavy atom. The van der Waals surface area contributed by atoms with E-state index in [0.29, 0.717) is 6.61 Å². The Morgan fingerprint density at radius 3 is 2.58 bits per heavy atom. The van der Waals surface area contributed by atoms with Crippen LogP contribution in [-0.2, 0) is 13.0 Å². The lowest BCUT2D eigenvalue weighted by molar-refractivity contribution is 0.302. The average Bonchev–Trinajstić information content (AvgIpc) is 2.47. The van der Waals surface area contributed by atoms with E-state index in [1.165, 1.54) is 0 Å². The molecule has 0 heterocycles. The second-order valence-corrected chi connectivity index (χ2v) is 4.24. The quantitative estimate of drug-likeness (QED) is 0.725. The molecule has 98 valence electrons. The Bertz CT molecular complexity index is 532. The summed E-state index contributed by atoms with van der Waals surface area (Å²) in [4.78, 5) is 0. The van der Waals surface area contributed by atoms with Crippen LogP contribution < -0.4 is 9.47 Å². The highest BCUT2D eigenvalue weighted by molar-refractivity contribution is 5.41. The van der Waals surface area contributed by atoms with Crippen molar-refractivity contribution >= 4 is 0 Å². The standard InChI is InChI=1S/C17H18O2/c1-3-7-15-12-16(18-2)10-11-17(15)19-13-14-8-5-4-6-9-14/h3-6,8-12H,1,7,13H2,2H3. The van der Waals surface area contributed by atoms with Gasteiger partial charge in [0.05, 0.1) is 7.11 Å². The van der Waals surface area contributed by atoms with E-state index >= 15 is 0 Å². The van der Waals surface area contributed by atoms with E-state index in [2.05, 4.69) is 18.7 Å². The molecule has 2 aromatic rings.